The van der Waals surface area contributed by atoms with Gasteiger partial charge in [-0.05, 0) is 38.3 Å². The summed E-state index contributed by atoms with van der Waals surface area (Å²) in [5.74, 6) is 0. The van der Waals surface area contributed by atoms with E-state index in [1.165, 1.54) is 29.7 Å². The van der Waals surface area contributed by atoms with E-state index in [1.54, 1.807) is 4.88 Å². The molecule has 82 valence electrons. The Morgan fingerprint density at radius 2 is 1.67 bits per heavy atom. The first-order valence-corrected chi connectivity index (χ1v) is 5.78. The lowest BCUT2D eigenvalue weighted by Gasteiger charge is -1.95. The first-order chi connectivity index (χ1) is 7.24. The summed E-state index contributed by atoms with van der Waals surface area (Å²) in [7, 11) is 0. The predicted molar refractivity (Wildman–Crippen MR) is 72.2 cm³/mol. The van der Waals surface area contributed by atoms with Gasteiger partial charge in [0.15, 0.2) is 0 Å². The van der Waals surface area contributed by atoms with Crippen LogP contribution in [0.15, 0.2) is 6.07 Å². The summed E-state index contributed by atoms with van der Waals surface area (Å²) in [6.45, 7) is 6.65. The summed E-state index contributed by atoms with van der Waals surface area (Å²) < 4.78 is 0. The monoisotopic (exact) mass is 220 g/mol. The van der Waals surface area contributed by atoms with Gasteiger partial charge >= 0.3 is 0 Å². The van der Waals surface area contributed by atoms with Gasteiger partial charge in [-0.15, -0.1) is 37.0 Å². The molecule has 1 heteroatoms. The van der Waals surface area contributed by atoms with Gasteiger partial charge in [0.25, 0.3) is 0 Å². The number of hydrogen-bond acceptors (Lipinski definition) is 1. The molecule has 0 nitrogen and oxygen atoms in total. The molecule has 0 aromatic carbocycles. The molecule has 1 heterocycles. The number of aryl methyl sites for hydroxylation is 3. The lowest BCUT2D eigenvalue weighted by molar-refractivity contribution is 0.801. The molecule has 0 spiro atoms. The molecule has 0 aliphatic rings. The van der Waals surface area contributed by atoms with Crippen LogP contribution in [-0.2, 0) is 6.42 Å². The van der Waals surface area contributed by atoms with Crippen LogP contribution < -0.4 is 0 Å². The Balaban J connectivity index is 0. The Morgan fingerprint density at radius 3 is 2.00 bits per heavy atom. The number of terminal acetylenes is 2. The zero-order valence-corrected chi connectivity index (χ0v) is 10.7. The highest BCUT2D eigenvalue weighted by Gasteiger charge is 2.00. The fourth-order valence-electron chi connectivity index (χ4n) is 1.28. The second-order valence-corrected chi connectivity index (χ2v) is 4.41. The van der Waals surface area contributed by atoms with Crippen molar-refractivity contribution >= 4 is 11.3 Å². The molecule has 0 amide bonds. The van der Waals surface area contributed by atoms with E-state index in [-0.39, 0.29) is 0 Å². The molecular formula is C14H20S. The van der Waals surface area contributed by atoms with E-state index in [9.17, 15) is 0 Å². The third-order valence-electron chi connectivity index (χ3n) is 1.90. The Morgan fingerprint density at radius 1 is 1.13 bits per heavy atom. The Kier molecular flexibility index (Phi) is 11.8. The van der Waals surface area contributed by atoms with Crippen molar-refractivity contribution in [2.24, 2.45) is 0 Å². The third kappa shape index (κ3) is 6.83. The zero-order chi connectivity index (χ0) is 12.3. The van der Waals surface area contributed by atoms with Crippen LogP contribution in [0.3, 0.4) is 0 Å². The average molecular weight is 220 g/mol. The number of thiophene rings is 1. The highest BCUT2D eigenvalue weighted by atomic mass is 32.1. The largest absolute Gasteiger partial charge is 0.145 e. The molecule has 0 N–H and O–H groups in total. The molecule has 0 atom stereocenters. The fourth-order valence-corrected chi connectivity index (χ4v) is 2.37. The first kappa shape index (κ1) is 16.3. The Hall–Kier alpha value is -1.18. The van der Waals surface area contributed by atoms with E-state index in [2.05, 4.69) is 52.5 Å². The van der Waals surface area contributed by atoms with Crippen molar-refractivity contribution in [1.29, 1.82) is 0 Å². The van der Waals surface area contributed by atoms with Crippen molar-refractivity contribution in [3.63, 3.8) is 0 Å². The predicted octanol–water partition coefficient (Wildman–Crippen LogP) is 4.21. The van der Waals surface area contributed by atoms with Crippen LogP contribution in [0.1, 0.15) is 35.1 Å². The molecule has 1 aromatic heterocycles. The van der Waals surface area contributed by atoms with E-state index in [0.29, 0.717) is 0 Å². The maximum absolute atomic E-state index is 4.00. The SMILES string of the molecule is C#C.C#C.CCCCc1sc(C)cc1C. The van der Waals surface area contributed by atoms with Crippen LogP contribution >= 0.6 is 11.3 Å². The molecular weight excluding hydrogens is 200 g/mol. The number of hydrogen-bond donors (Lipinski definition) is 0. The molecule has 0 bridgehead atoms. The molecule has 0 saturated carbocycles. The van der Waals surface area contributed by atoms with Gasteiger partial charge in [-0.3, -0.25) is 0 Å². The van der Waals surface area contributed by atoms with Crippen LogP contribution in [0.2, 0.25) is 0 Å². The van der Waals surface area contributed by atoms with Crippen molar-refractivity contribution < 1.29 is 0 Å². The van der Waals surface area contributed by atoms with E-state index in [1.807, 2.05) is 11.3 Å². The number of unbranched alkanes of at least 4 members (excludes halogenated alkanes) is 1. The molecule has 1 rings (SSSR count). The molecule has 0 unspecified atom stereocenters. The van der Waals surface area contributed by atoms with E-state index in [0.717, 1.165) is 0 Å². The maximum Gasteiger partial charge on any atom is 0.00772 e. The summed E-state index contributed by atoms with van der Waals surface area (Å²) >= 11 is 1.95. The standard InChI is InChI=1S/C10H16S.2C2H2/c1-4-5-6-10-8(2)7-9(3)11-10;2*1-2/h7H,4-6H2,1-3H3;2*1-2H. The minimum atomic E-state index is 1.28. The van der Waals surface area contributed by atoms with Crippen LogP contribution in [0, 0.1) is 39.5 Å². The third-order valence-corrected chi connectivity index (χ3v) is 3.11. The Bertz CT molecular complexity index is 283. The highest BCUT2D eigenvalue weighted by Crippen LogP contribution is 2.22. The summed E-state index contributed by atoms with van der Waals surface area (Å²) in [6.07, 6.45) is 19.9. The topological polar surface area (TPSA) is 0 Å². The van der Waals surface area contributed by atoms with Crippen LogP contribution in [0.5, 0.6) is 0 Å². The van der Waals surface area contributed by atoms with Crippen molar-refractivity contribution in [1.82, 2.24) is 0 Å². The zero-order valence-electron chi connectivity index (χ0n) is 9.92. The van der Waals surface area contributed by atoms with Gasteiger partial charge in [0, 0.05) is 9.75 Å². The summed E-state index contributed by atoms with van der Waals surface area (Å²) in [5, 5.41) is 0. The first-order valence-electron chi connectivity index (χ1n) is 4.96. The lowest BCUT2D eigenvalue weighted by Crippen LogP contribution is -1.80. The van der Waals surface area contributed by atoms with Crippen molar-refractivity contribution in [2.45, 2.75) is 40.0 Å². The summed E-state index contributed by atoms with van der Waals surface area (Å²) in [4.78, 5) is 3.04. The molecule has 0 fully saturated rings. The quantitative estimate of drug-likeness (QED) is 0.670. The molecule has 0 aliphatic carbocycles. The van der Waals surface area contributed by atoms with Gasteiger partial charge in [-0.2, -0.15) is 0 Å². The van der Waals surface area contributed by atoms with Crippen LogP contribution in [-0.4, -0.2) is 0 Å². The normalized spacial score (nSPS) is 7.93. The molecule has 1 aromatic rings. The van der Waals surface area contributed by atoms with Gasteiger partial charge in [0.05, 0.1) is 0 Å². The summed E-state index contributed by atoms with van der Waals surface area (Å²) in [6, 6.07) is 2.29. The van der Waals surface area contributed by atoms with Crippen molar-refractivity contribution in [2.75, 3.05) is 0 Å². The van der Waals surface area contributed by atoms with Crippen molar-refractivity contribution in [3.8, 4) is 25.7 Å². The molecule has 15 heavy (non-hydrogen) atoms. The maximum atomic E-state index is 4.00. The Labute approximate surface area is 98.7 Å². The van der Waals surface area contributed by atoms with E-state index < -0.39 is 0 Å². The van der Waals surface area contributed by atoms with Gasteiger partial charge in [0.2, 0.25) is 0 Å². The number of rotatable bonds is 3. The molecule has 0 saturated heterocycles. The molecule has 0 radical (unpaired) electrons. The lowest BCUT2D eigenvalue weighted by atomic mass is 10.2. The van der Waals surface area contributed by atoms with E-state index in [4.69, 9.17) is 0 Å². The smallest absolute Gasteiger partial charge is 0.00772 e. The second-order valence-electron chi connectivity index (χ2n) is 3.07. The van der Waals surface area contributed by atoms with Gasteiger partial charge in [-0.25, -0.2) is 0 Å². The van der Waals surface area contributed by atoms with Crippen LogP contribution in [0.4, 0.5) is 0 Å². The van der Waals surface area contributed by atoms with Gasteiger partial charge in [0.1, 0.15) is 0 Å². The fraction of sp³-hybridized carbons (Fsp3) is 0.429. The van der Waals surface area contributed by atoms with Crippen molar-refractivity contribution in [3.05, 3.63) is 21.4 Å². The van der Waals surface area contributed by atoms with Crippen LogP contribution in [0.25, 0.3) is 0 Å². The van der Waals surface area contributed by atoms with Gasteiger partial charge in [-0.1, -0.05) is 13.3 Å². The summed E-state index contributed by atoms with van der Waals surface area (Å²) in [5.41, 5.74) is 1.49. The average Bonchev–Trinajstić information content (AvgIpc) is 2.60. The van der Waals surface area contributed by atoms with Gasteiger partial charge < -0.3 is 0 Å². The highest BCUT2D eigenvalue weighted by molar-refractivity contribution is 7.12. The second kappa shape index (κ2) is 10.9. The molecule has 0 aliphatic heterocycles. The minimum absolute atomic E-state index is 1.28. The minimum Gasteiger partial charge on any atom is -0.145 e. The van der Waals surface area contributed by atoms with E-state index >= 15 is 0 Å².